The van der Waals surface area contributed by atoms with Gasteiger partial charge in [-0.05, 0) is 61.1 Å². The minimum Gasteiger partial charge on any atom is -0.489 e. The summed E-state index contributed by atoms with van der Waals surface area (Å²) in [5, 5.41) is 0. The highest BCUT2D eigenvalue weighted by Crippen LogP contribution is 2.26. The third-order valence-corrected chi connectivity index (χ3v) is 3.79. The van der Waals surface area contributed by atoms with Crippen LogP contribution in [0.3, 0.4) is 0 Å². The van der Waals surface area contributed by atoms with Crippen LogP contribution in [0.5, 0.6) is 5.75 Å². The zero-order chi connectivity index (χ0) is 13.9. The number of rotatable bonds is 3. The number of hydrogen-bond donors (Lipinski definition) is 1. The van der Waals surface area contributed by atoms with Gasteiger partial charge in [0.15, 0.2) is 0 Å². The standard InChI is InChI=1S/C17H18FNO/c18-17-10-15(19)7-5-14(17)11-20-16-8-6-12-3-1-2-4-13(12)9-16/h5-10H,1-4,11,19H2. The Balaban J connectivity index is 1.72. The average molecular weight is 271 g/mol. The van der Waals surface area contributed by atoms with Gasteiger partial charge < -0.3 is 10.5 Å². The van der Waals surface area contributed by atoms with Crippen LogP contribution in [0.4, 0.5) is 10.1 Å². The second kappa shape index (κ2) is 5.53. The maximum atomic E-state index is 13.7. The van der Waals surface area contributed by atoms with Gasteiger partial charge in [0, 0.05) is 11.3 Å². The van der Waals surface area contributed by atoms with Crippen LogP contribution in [0.25, 0.3) is 0 Å². The lowest BCUT2D eigenvalue weighted by molar-refractivity contribution is 0.299. The van der Waals surface area contributed by atoms with Crippen LogP contribution >= 0.6 is 0 Å². The summed E-state index contributed by atoms with van der Waals surface area (Å²) in [5.74, 6) is 0.491. The fraction of sp³-hybridized carbons (Fsp3) is 0.294. The highest BCUT2D eigenvalue weighted by molar-refractivity contribution is 5.41. The Kier molecular flexibility index (Phi) is 3.59. The third kappa shape index (κ3) is 2.77. The molecule has 1 aliphatic carbocycles. The van der Waals surface area contributed by atoms with E-state index in [2.05, 4.69) is 12.1 Å². The van der Waals surface area contributed by atoms with E-state index >= 15 is 0 Å². The van der Waals surface area contributed by atoms with Crippen molar-refractivity contribution in [3.63, 3.8) is 0 Å². The molecule has 3 heteroatoms. The van der Waals surface area contributed by atoms with Crippen molar-refractivity contribution in [2.24, 2.45) is 0 Å². The van der Waals surface area contributed by atoms with Gasteiger partial charge in [-0.2, -0.15) is 0 Å². The second-order valence-corrected chi connectivity index (χ2v) is 5.28. The van der Waals surface area contributed by atoms with Crippen molar-refractivity contribution >= 4 is 5.69 Å². The third-order valence-electron chi connectivity index (χ3n) is 3.79. The quantitative estimate of drug-likeness (QED) is 0.860. The van der Waals surface area contributed by atoms with E-state index in [1.165, 1.54) is 30.0 Å². The highest BCUT2D eigenvalue weighted by atomic mass is 19.1. The number of nitrogens with two attached hydrogens (primary N) is 1. The molecule has 2 aromatic rings. The Morgan fingerprint density at radius 2 is 1.80 bits per heavy atom. The van der Waals surface area contributed by atoms with Crippen molar-refractivity contribution < 1.29 is 9.13 Å². The predicted molar refractivity (Wildman–Crippen MR) is 78.2 cm³/mol. The van der Waals surface area contributed by atoms with Crippen LogP contribution in [0.2, 0.25) is 0 Å². The number of nitrogen functional groups attached to an aromatic ring is 1. The number of fused-ring (bicyclic) bond motifs is 1. The van der Waals surface area contributed by atoms with Gasteiger partial charge in [0.25, 0.3) is 0 Å². The number of ether oxygens (including phenoxy) is 1. The lowest BCUT2D eigenvalue weighted by atomic mass is 9.92. The smallest absolute Gasteiger partial charge is 0.131 e. The van der Waals surface area contributed by atoms with Gasteiger partial charge in [-0.1, -0.05) is 12.1 Å². The van der Waals surface area contributed by atoms with Gasteiger partial charge >= 0.3 is 0 Å². The van der Waals surface area contributed by atoms with E-state index in [9.17, 15) is 4.39 Å². The van der Waals surface area contributed by atoms with Crippen molar-refractivity contribution in [3.05, 3.63) is 58.9 Å². The van der Waals surface area contributed by atoms with Gasteiger partial charge in [-0.15, -0.1) is 0 Å². The van der Waals surface area contributed by atoms with E-state index in [-0.39, 0.29) is 12.4 Å². The molecule has 2 aromatic carbocycles. The van der Waals surface area contributed by atoms with Crippen molar-refractivity contribution in [2.75, 3.05) is 5.73 Å². The fourth-order valence-corrected chi connectivity index (χ4v) is 2.64. The molecule has 3 rings (SSSR count). The molecule has 0 radical (unpaired) electrons. The van der Waals surface area contributed by atoms with Crippen molar-refractivity contribution in [1.29, 1.82) is 0 Å². The number of benzene rings is 2. The topological polar surface area (TPSA) is 35.2 Å². The highest BCUT2D eigenvalue weighted by Gasteiger charge is 2.10. The Hall–Kier alpha value is -2.03. The van der Waals surface area contributed by atoms with Crippen LogP contribution in [-0.2, 0) is 19.4 Å². The molecule has 20 heavy (non-hydrogen) atoms. The van der Waals surface area contributed by atoms with E-state index in [1.54, 1.807) is 12.1 Å². The van der Waals surface area contributed by atoms with Gasteiger partial charge in [0.1, 0.15) is 18.2 Å². The molecule has 0 bridgehead atoms. The molecule has 0 aromatic heterocycles. The number of anilines is 1. The fourth-order valence-electron chi connectivity index (χ4n) is 2.64. The first-order chi connectivity index (χ1) is 9.72. The van der Waals surface area contributed by atoms with E-state index in [0.29, 0.717) is 11.3 Å². The molecule has 104 valence electrons. The van der Waals surface area contributed by atoms with Crippen molar-refractivity contribution in [1.82, 2.24) is 0 Å². The minimum atomic E-state index is -0.317. The molecule has 0 saturated heterocycles. The van der Waals surface area contributed by atoms with Gasteiger partial charge in [0.2, 0.25) is 0 Å². The maximum absolute atomic E-state index is 13.7. The van der Waals surface area contributed by atoms with Crippen LogP contribution in [0.1, 0.15) is 29.5 Å². The van der Waals surface area contributed by atoms with Crippen LogP contribution < -0.4 is 10.5 Å². The molecule has 0 saturated carbocycles. The molecule has 0 amide bonds. The number of hydrogen-bond acceptors (Lipinski definition) is 2. The zero-order valence-electron chi connectivity index (χ0n) is 11.4. The monoisotopic (exact) mass is 271 g/mol. The first kappa shape index (κ1) is 13.0. The summed E-state index contributed by atoms with van der Waals surface area (Å²) < 4.78 is 19.4. The van der Waals surface area contributed by atoms with E-state index in [4.69, 9.17) is 10.5 Å². The predicted octanol–water partition coefficient (Wildman–Crippen LogP) is 3.87. The normalized spacial score (nSPS) is 13.8. The Bertz CT molecular complexity index is 624. The zero-order valence-corrected chi connectivity index (χ0v) is 11.4. The molecule has 1 aliphatic rings. The first-order valence-electron chi connectivity index (χ1n) is 7.01. The molecule has 0 atom stereocenters. The average Bonchev–Trinajstić information content (AvgIpc) is 2.46. The number of halogens is 1. The van der Waals surface area contributed by atoms with Gasteiger partial charge in [0.05, 0.1) is 0 Å². The van der Waals surface area contributed by atoms with Crippen molar-refractivity contribution in [3.8, 4) is 5.75 Å². The molecule has 0 unspecified atom stereocenters. The first-order valence-corrected chi connectivity index (χ1v) is 7.01. The summed E-state index contributed by atoms with van der Waals surface area (Å²) in [6.45, 7) is 0.227. The summed E-state index contributed by atoms with van der Waals surface area (Å²) in [6.07, 6.45) is 4.78. The summed E-state index contributed by atoms with van der Waals surface area (Å²) >= 11 is 0. The Morgan fingerprint density at radius 1 is 1.00 bits per heavy atom. The molecule has 2 N–H and O–H groups in total. The maximum Gasteiger partial charge on any atom is 0.131 e. The lowest BCUT2D eigenvalue weighted by Gasteiger charge is -2.17. The SMILES string of the molecule is Nc1ccc(COc2ccc3c(c2)CCCC3)c(F)c1. The Morgan fingerprint density at radius 3 is 2.60 bits per heavy atom. The summed E-state index contributed by atoms with van der Waals surface area (Å²) in [4.78, 5) is 0. The van der Waals surface area contributed by atoms with Crippen molar-refractivity contribution in [2.45, 2.75) is 32.3 Å². The molecule has 0 fully saturated rings. The van der Waals surface area contributed by atoms with Crippen LogP contribution in [0.15, 0.2) is 36.4 Å². The summed E-state index contributed by atoms with van der Waals surface area (Å²) in [7, 11) is 0. The van der Waals surface area contributed by atoms with E-state index in [0.717, 1.165) is 18.6 Å². The van der Waals surface area contributed by atoms with Gasteiger partial charge in [-0.25, -0.2) is 4.39 Å². The minimum absolute atomic E-state index is 0.227. The Labute approximate surface area is 118 Å². The molecule has 0 aliphatic heterocycles. The largest absolute Gasteiger partial charge is 0.489 e. The molecule has 2 nitrogen and oxygen atoms in total. The molecule has 0 heterocycles. The summed E-state index contributed by atoms with van der Waals surface area (Å²) in [5.41, 5.74) is 9.27. The molecule has 0 spiro atoms. The summed E-state index contributed by atoms with van der Waals surface area (Å²) in [6, 6.07) is 10.9. The van der Waals surface area contributed by atoms with E-state index in [1.807, 2.05) is 6.07 Å². The molecular formula is C17H18FNO. The second-order valence-electron chi connectivity index (χ2n) is 5.28. The molecular weight excluding hydrogens is 253 g/mol. The van der Waals surface area contributed by atoms with E-state index < -0.39 is 0 Å². The lowest BCUT2D eigenvalue weighted by Crippen LogP contribution is -2.04. The van der Waals surface area contributed by atoms with Crippen LogP contribution in [-0.4, -0.2) is 0 Å². The number of aryl methyl sites for hydroxylation is 2. The van der Waals surface area contributed by atoms with Crippen LogP contribution in [0, 0.1) is 5.82 Å². The van der Waals surface area contributed by atoms with Gasteiger partial charge in [-0.3, -0.25) is 0 Å².